The predicted octanol–water partition coefficient (Wildman–Crippen LogP) is -0.104. The van der Waals surface area contributed by atoms with Crippen molar-refractivity contribution in [3.05, 3.63) is 0 Å². The molecule has 6 nitrogen and oxygen atoms in total. The number of aliphatic carboxylic acids is 2. The van der Waals surface area contributed by atoms with Crippen molar-refractivity contribution in [1.29, 1.82) is 0 Å². The average molecular weight is 221 g/mol. The number of carboxylic acids is 2. The second kappa shape index (κ2) is 8.19. The van der Waals surface area contributed by atoms with Gasteiger partial charge in [0.05, 0.1) is 0 Å². The molecule has 0 bridgehead atoms. The Labute approximate surface area is 88.7 Å². The molecule has 0 radical (unpaired) electrons. The van der Waals surface area contributed by atoms with Crippen LogP contribution in [0.25, 0.3) is 0 Å². The Morgan fingerprint density at radius 2 is 1.60 bits per heavy atom. The van der Waals surface area contributed by atoms with E-state index >= 15 is 0 Å². The number of nitrogens with two attached hydrogens (primary N) is 1. The molecule has 0 aliphatic carbocycles. The van der Waals surface area contributed by atoms with E-state index in [-0.39, 0.29) is 12.3 Å². The summed E-state index contributed by atoms with van der Waals surface area (Å²) in [4.78, 5) is 19.7. The first kappa shape index (κ1) is 16.3. The van der Waals surface area contributed by atoms with Gasteiger partial charge in [0.15, 0.2) is 6.10 Å². The lowest BCUT2D eigenvalue weighted by Gasteiger charge is -2.07. The molecule has 15 heavy (non-hydrogen) atoms. The summed E-state index contributed by atoms with van der Waals surface area (Å²) in [5.74, 6) is -2.06. The third-order valence-corrected chi connectivity index (χ3v) is 1.68. The molecule has 0 rings (SSSR count). The lowest BCUT2D eigenvalue weighted by Crippen LogP contribution is -2.34. The molecule has 0 aromatic heterocycles. The lowest BCUT2D eigenvalue weighted by molar-refractivity contribution is -0.146. The van der Waals surface area contributed by atoms with Crippen LogP contribution in [0.1, 0.15) is 27.2 Å². The maximum atomic E-state index is 10.0. The molecule has 0 aliphatic heterocycles. The quantitative estimate of drug-likeness (QED) is 0.526. The summed E-state index contributed by atoms with van der Waals surface area (Å²) in [6.07, 6.45) is -0.907. The Hall–Kier alpha value is -1.14. The van der Waals surface area contributed by atoms with Gasteiger partial charge in [-0.05, 0) is 12.3 Å². The van der Waals surface area contributed by atoms with Crippen molar-refractivity contribution in [3.63, 3.8) is 0 Å². The van der Waals surface area contributed by atoms with Crippen molar-refractivity contribution >= 4 is 11.9 Å². The summed E-state index contributed by atoms with van der Waals surface area (Å²) in [5, 5.41) is 24.5. The predicted molar refractivity (Wildman–Crippen MR) is 54.4 cm³/mol. The van der Waals surface area contributed by atoms with Gasteiger partial charge in [0.25, 0.3) is 0 Å². The molecule has 0 spiro atoms. The number of carbonyl (C=O) groups is 2. The van der Waals surface area contributed by atoms with E-state index < -0.39 is 24.1 Å². The summed E-state index contributed by atoms with van der Waals surface area (Å²) >= 11 is 0. The molecule has 90 valence electrons. The number of rotatable bonds is 4. The van der Waals surface area contributed by atoms with E-state index in [0.29, 0.717) is 0 Å². The second-order valence-corrected chi connectivity index (χ2v) is 3.37. The zero-order chi connectivity index (χ0) is 12.6. The fourth-order valence-corrected chi connectivity index (χ4v) is 0.460. The molecule has 6 heteroatoms. The number of aliphatic hydroxyl groups excluding tert-OH is 1. The van der Waals surface area contributed by atoms with Crippen molar-refractivity contribution < 1.29 is 24.9 Å². The Bertz CT molecular complexity index is 205. The Balaban J connectivity index is 0. The highest BCUT2D eigenvalue weighted by molar-refractivity contribution is 5.73. The minimum absolute atomic E-state index is 0.0208. The second-order valence-electron chi connectivity index (χ2n) is 3.37. The minimum atomic E-state index is -1.18. The van der Waals surface area contributed by atoms with Crippen LogP contribution < -0.4 is 5.73 Å². The Kier molecular flexibility index (Phi) is 8.90. The topological polar surface area (TPSA) is 121 Å². The summed E-state index contributed by atoms with van der Waals surface area (Å²) in [6.45, 7) is 5.16. The zero-order valence-electron chi connectivity index (χ0n) is 9.17. The van der Waals surface area contributed by atoms with Gasteiger partial charge in [0, 0.05) is 0 Å². The molecule has 0 aromatic carbocycles. The smallest absolute Gasteiger partial charge is 0.332 e. The number of aliphatic hydroxyl groups is 1. The fraction of sp³-hybridized carbons (Fsp3) is 0.778. The van der Waals surface area contributed by atoms with Gasteiger partial charge in [-0.1, -0.05) is 20.8 Å². The molecule has 5 N–H and O–H groups in total. The van der Waals surface area contributed by atoms with Crippen LogP contribution in [-0.4, -0.2) is 39.4 Å². The van der Waals surface area contributed by atoms with Gasteiger partial charge < -0.3 is 21.1 Å². The van der Waals surface area contributed by atoms with Crippen molar-refractivity contribution in [1.82, 2.24) is 0 Å². The summed E-state index contributed by atoms with van der Waals surface area (Å²) in [5.41, 5.74) is 5.16. The van der Waals surface area contributed by atoms with E-state index in [1.807, 2.05) is 0 Å². The monoisotopic (exact) mass is 221 g/mol. The minimum Gasteiger partial charge on any atom is -0.480 e. The average Bonchev–Trinajstić information content (AvgIpc) is 2.15. The first-order valence-electron chi connectivity index (χ1n) is 4.63. The van der Waals surface area contributed by atoms with Gasteiger partial charge in [-0.25, -0.2) is 4.79 Å². The number of carboxylic acid groups (broad SMARTS) is 2. The van der Waals surface area contributed by atoms with E-state index in [2.05, 4.69) is 0 Å². The molecule has 0 heterocycles. The number of hydrogen-bond acceptors (Lipinski definition) is 4. The van der Waals surface area contributed by atoms with Crippen LogP contribution in [0.2, 0.25) is 0 Å². The Morgan fingerprint density at radius 3 is 1.60 bits per heavy atom. The van der Waals surface area contributed by atoms with Crippen LogP contribution in [0.4, 0.5) is 0 Å². The highest BCUT2D eigenvalue weighted by Crippen LogP contribution is 1.96. The normalized spacial score (nSPS) is 13.7. The van der Waals surface area contributed by atoms with E-state index in [1.165, 1.54) is 0 Å². The fourth-order valence-electron chi connectivity index (χ4n) is 0.460. The van der Waals surface area contributed by atoms with Crippen LogP contribution in [0.5, 0.6) is 0 Å². The van der Waals surface area contributed by atoms with Gasteiger partial charge in [-0.15, -0.1) is 0 Å². The molecule has 0 aromatic rings. The third-order valence-electron chi connectivity index (χ3n) is 1.68. The zero-order valence-corrected chi connectivity index (χ0v) is 9.17. The number of hydrogen-bond donors (Lipinski definition) is 4. The highest BCUT2D eigenvalue weighted by Gasteiger charge is 2.14. The molecule has 0 aliphatic rings. The maximum absolute atomic E-state index is 10.0. The van der Waals surface area contributed by atoms with E-state index in [9.17, 15) is 9.59 Å². The molecular weight excluding hydrogens is 202 g/mol. The van der Waals surface area contributed by atoms with Crippen molar-refractivity contribution in [3.8, 4) is 0 Å². The summed E-state index contributed by atoms with van der Waals surface area (Å²) in [7, 11) is 0. The SMILES string of the molecule is CC(C)[C@H](N)C(=O)O.CCC(O)C(=O)O. The van der Waals surface area contributed by atoms with Crippen LogP contribution in [0.3, 0.4) is 0 Å². The maximum Gasteiger partial charge on any atom is 0.332 e. The molecular formula is C9H19NO5. The molecule has 0 saturated carbocycles. The molecule has 0 amide bonds. The first-order chi connectivity index (χ1) is 6.73. The van der Waals surface area contributed by atoms with Gasteiger partial charge >= 0.3 is 11.9 Å². The Morgan fingerprint density at radius 1 is 1.20 bits per heavy atom. The van der Waals surface area contributed by atoms with Gasteiger partial charge in [-0.3, -0.25) is 4.79 Å². The lowest BCUT2D eigenvalue weighted by atomic mass is 10.1. The van der Waals surface area contributed by atoms with E-state index in [4.69, 9.17) is 21.1 Å². The van der Waals surface area contributed by atoms with Crippen LogP contribution in [-0.2, 0) is 9.59 Å². The summed E-state index contributed by atoms with van der Waals surface area (Å²) < 4.78 is 0. The standard InChI is InChI=1S/C5H11NO2.C4H8O3/c1-3(2)4(6)5(7)8;1-2-3(5)4(6)7/h3-4H,6H2,1-2H3,(H,7,8);3,5H,2H2,1H3,(H,6,7)/t4-;/m0./s1. The van der Waals surface area contributed by atoms with Crippen LogP contribution in [0, 0.1) is 5.92 Å². The van der Waals surface area contributed by atoms with E-state index in [1.54, 1.807) is 20.8 Å². The van der Waals surface area contributed by atoms with Gasteiger partial charge in [0.1, 0.15) is 6.04 Å². The first-order valence-corrected chi connectivity index (χ1v) is 4.63. The van der Waals surface area contributed by atoms with Crippen LogP contribution in [0.15, 0.2) is 0 Å². The summed E-state index contributed by atoms with van der Waals surface area (Å²) in [6, 6.07) is -0.713. The van der Waals surface area contributed by atoms with Crippen molar-refractivity contribution in [2.24, 2.45) is 11.7 Å². The van der Waals surface area contributed by atoms with Crippen LogP contribution >= 0.6 is 0 Å². The molecule has 2 atom stereocenters. The highest BCUT2D eigenvalue weighted by atomic mass is 16.4. The van der Waals surface area contributed by atoms with Gasteiger partial charge in [-0.2, -0.15) is 0 Å². The van der Waals surface area contributed by atoms with Crippen molar-refractivity contribution in [2.45, 2.75) is 39.3 Å². The molecule has 1 unspecified atom stereocenters. The van der Waals surface area contributed by atoms with Gasteiger partial charge in [0.2, 0.25) is 0 Å². The molecule has 0 saturated heterocycles. The third kappa shape index (κ3) is 9.17. The molecule has 0 fully saturated rings. The van der Waals surface area contributed by atoms with E-state index in [0.717, 1.165) is 0 Å². The largest absolute Gasteiger partial charge is 0.480 e. The van der Waals surface area contributed by atoms with Crippen molar-refractivity contribution in [2.75, 3.05) is 0 Å².